The molecule has 23 heavy (non-hydrogen) atoms. The molecule has 1 aliphatic carbocycles. The summed E-state index contributed by atoms with van der Waals surface area (Å²) in [6.45, 7) is 2.50. The number of aryl methyl sites for hydroxylation is 1. The smallest absolute Gasteiger partial charge is 0.254 e. The van der Waals surface area contributed by atoms with Gasteiger partial charge in [0.1, 0.15) is 0 Å². The topological polar surface area (TPSA) is 72.9 Å². The van der Waals surface area contributed by atoms with Crippen LogP contribution in [0, 0.1) is 12.8 Å². The van der Waals surface area contributed by atoms with E-state index in [0.717, 1.165) is 30.6 Å². The first kappa shape index (κ1) is 15.7. The molecule has 1 saturated carbocycles. The number of carbonyl (C=O) groups is 1. The van der Waals surface area contributed by atoms with Crippen LogP contribution < -0.4 is 11.1 Å². The van der Waals surface area contributed by atoms with E-state index >= 15 is 0 Å². The zero-order valence-electron chi connectivity index (χ0n) is 13.5. The van der Waals surface area contributed by atoms with Gasteiger partial charge in [-0.3, -0.25) is 4.79 Å². The van der Waals surface area contributed by atoms with Gasteiger partial charge in [0, 0.05) is 12.2 Å². The summed E-state index contributed by atoms with van der Waals surface area (Å²) >= 11 is 0. The van der Waals surface area contributed by atoms with Crippen molar-refractivity contribution in [1.29, 1.82) is 0 Å². The van der Waals surface area contributed by atoms with Crippen LogP contribution in [-0.4, -0.2) is 28.3 Å². The second-order valence-electron chi connectivity index (χ2n) is 6.27. The predicted molar refractivity (Wildman–Crippen MR) is 90.6 cm³/mol. The quantitative estimate of drug-likeness (QED) is 0.910. The van der Waals surface area contributed by atoms with Crippen LogP contribution >= 0.6 is 0 Å². The molecule has 3 N–H and O–H groups in total. The lowest BCUT2D eigenvalue weighted by Gasteiger charge is -2.31. The van der Waals surface area contributed by atoms with Crippen molar-refractivity contribution in [2.24, 2.45) is 11.7 Å². The van der Waals surface area contributed by atoms with Crippen LogP contribution in [0.15, 0.2) is 36.5 Å². The molecule has 1 fully saturated rings. The Balaban J connectivity index is 1.76. The average Bonchev–Trinajstić information content (AvgIpc) is 2.98. The first-order chi connectivity index (χ1) is 11.2. The summed E-state index contributed by atoms with van der Waals surface area (Å²) in [6.07, 6.45) is 6.28. The lowest BCUT2D eigenvalue weighted by Crippen LogP contribution is -2.44. The Morgan fingerprint density at radius 3 is 2.78 bits per heavy atom. The van der Waals surface area contributed by atoms with E-state index in [1.165, 1.54) is 6.42 Å². The van der Waals surface area contributed by atoms with Crippen molar-refractivity contribution in [3.05, 3.63) is 47.8 Å². The number of nitrogens with zero attached hydrogens (tertiary/aromatic N) is 2. The van der Waals surface area contributed by atoms with Gasteiger partial charge in [0.25, 0.3) is 5.91 Å². The highest BCUT2D eigenvalue weighted by Crippen LogP contribution is 2.24. The third kappa shape index (κ3) is 3.45. The van der Waals surface area contributed by atoms with Gasteiger partial charge in [-0.05, 0) is 44.4 Å². The maximum Gasteiger partial charge on any atom is 0.254 e. The molecule has 0 spiro atoms. The molecule has 1 aromatic heterocycles. The van der Waals surface area contributed by atoms with E-state index in [9.17, 15) is 4.79 Å². The standard InChI is InChI=1S/C18H24N4O/c1-13-16(12-22(21-13)15-8-3-2-4-9-15)18(23)20-17-10-6-5-7-14(17)11-19/h2-4,8-9,12,14,17H,5-7,10-11,19H2,1H3,(H,20,23). The number of hydrogen-bond donors (Lipinski definition) is 2. The van der Waals surface area contributed by atoms with Gasteiger partial charge in [-0.2, -0.15) is 5.10 Å². The van der Waals surface area contributed by atoms with E-state index in [1.807, 2.05) is 37.3 Å². The van der Waals surface area contributed by atoms with Gasteiger partial charge in [0.2, 0.25) is 0 Å². The first-order valence-electron chi connectivity index (χ1n) is 8.31. The van der Waals surface area contributed by atoms with Crippen LogP contribution in [0.2, 0.25) is 0 Å². The van der Waals surface area contributed by atoms with Gasteiger partial charge in [-0.25, -0.2) is 4.68 Å². The Bertz CT molecular complexity index is 665. The van der Waals surface area contributed by atoms with Crippen molar-refractivity contribution in [3.63, 3.8) is 0 Å². The normalized spacial score (nSPS) is 21.1. The molecule has 2 aromatic rings. The van der Waals surface area contributed by atoms with E-state index < -0.39 is 0 Å². The predicted octanol–water partition coefficient (Wildman–Crippen LogP) is 2.43. The molecule has 2 unspecified atom stereocenters. The second-order valence-corrected chi connectivity index (χ2v) is 6.27. The fourth-order valence-electron chi connectivity index (χ4n) is 3.32. The molecule has 5 heteroatoms. The van der Waals surface area contributed by atoms with Crippen molar-refractivity contribution < 1.29 is 4.79 Å². The van der Waals surface area contributed by atoms with Crippen LogP contribution in [-0.2, 0) is 0 Å². The van der Waals surface area contributed by atoms with Crippen molar-refractivity contribution in [2.45, 2.75) is 38.6 Å². The number of aromatic nitrogens is 2. The highest BCUT2D eigenvalue weighted by molar-refractivity contribution is 5.95. The van der Waals surface area contributed by atoms with Gasteiger partial charge in [0.15, 0.2) is 0 Å². The van der Waals surface area contributed by atoms with E-state index in [0.29, 0.717) is 18.0 Å². The third-order valence-corrected chi connectivity index (χ3v) is 4.69. The lowest BCUT2D eigenvalue weighted by atomic mass is 9.84. The number of rotatable bonds is 4. The van der Waals surface area contributed by atoms with Crippen molar-refractivity contribution in [2.75, 3.05) is 6.54 Å². The minimum absolute atomic E-state index is 0.0463. The summed E-state index contributed by atoms with van der Waals surface area (Å²) in [7, 11) is 0. The van der Waals surface area contributed by atoms with Gasteiger partial charge in [-0.15, -0.1) is 0 Å². The van der Waals surface area contributed by atoms with Crippen LogP contribution in [0.3, 0.4) is 0 Å². The third-order valence-electron chi connectivity index (χ3n) is 4.69. The molecule has 0 aliphatic heterocycles. The molecular weight excluding hydrogens is 288 g/mol. The molecule has 0 radical (unpaired) electrons. The van der Waals surface area contributed by atoms with Gasteiger partial charge >= 0.3 is 0 Å². The van der Waals surface area contributed by atoms with Gasteiger partial charge in [0.05, 0.1) is 16.9 Å². The highest BCUT2D eigenvalue weighted by atomic mass is 16.1. The highest BCUT2D eigenvalue weighted by Gasteiger charge is 2.26. The first-order valence-corrected chi connectivity index (χ1v) is 8.31. The number of amides is 1. The maximum atomic E-state index is 12.6. The summed E-state index contributed by atoms with van der Waals surface area (Å²) in [5, 5.41) is 7.63. The Kier molecular flexibility index (Phi) is 4.76. The minimum Gasteiger partial charge on any atom is -0.349 e. The Morgan fingerprint density at radius 2 is 2.04 bits per heavy atom. The molecule has 2 atom stereocenters. The molecule has 1 heterocycles. The Hall–Kier alpha value is -2.14. The Morgan fingerprint density at radius 1 is 1.30 bits per heavy atom. The van der Waals surface area contributed by atoms with Crippen LogP contribution in [0.4, 0.5) is 0 Å². The molecule has 3 rings (SSSR count). The summed E-state index contributed by atoms with van der Waals surface area (Å²) in [4.78, 5) is 12.6. The number of nitrogens with one attached hydrogen (secondary N) is 1. The maximum absolute atomic E-state index is 12.6. The van der Waals surface area contributed by atoms with Crippen molar-refractivity contribution in [3.8, 4) is 5.69 Å². The summed E-state index contributed by atoms with van der Waals surface area (Å²) < 4.78 is 1.76. The number of para-hydroxylation sites is 1. The number of hydrogen-bond acceptors (Lipinski definition) is 3. The van der Waals surface area contributed by atoms with Crippen LogP contribution in [0.25, 0.3) is 5.69 Å². The summed E-state index contributed by atoms with van der Waals surface area (Å²) in [5.74, 6) is 0.340. The largest absolute Gasteiger partial charge is 0.349 e. The van der Waals surface area contributed by atoms with Gasteiger partial charge < -0.3 is 11.1 Å². The van der Waals surface area contributed by atoms with E-state index in [-0.39, 0.29) is 11.9 Å². The number of benzene rings is 1. The van der Waals surface area contributed by atoms with E-state index in [1.54, 1.807) is 10.9 Å². The fourth-order valence-corrected chi connectivity index (χ4v) is 3.32. The Labute approximate surface area is 136 Å². The monoisotopic (exact) mass is 312 g/mol. The number of carbonyl (C=O) groups excluding carboxylic acids is 1. The minimum atomic E-state index is -0.0463. The molecule has 1 aliphatic rings. The molecule has 0 bridgehead atoms. The average molecular weight is 312 g/mol. The van der Waals surface area contributed by atoms with Crippen LogP contribution in [0.1, 0.15) is 41.7 Å². The van der Waals surface area contributed by atoms with Gasteiger partial charge in [-0.1, -0.05) is 31.0 Å². The fraction of sp³-hybridized carbons (Fsp3) is 0.444. The lowest BCUT2D eigenvalue weighted by molar-refractivity contribution is 0.0907. The summed E-state index contributed by atoms with van der Waals surface area (Å²) in [6, 6.07) is 10.0. The van der Waals surface area contributed by atoms with E-state index in [4.69, 9.17) is 5.73 Å². The molecule has 5 nitrogen and oxygen atoms in total. The summed E-state index contributed by atoms with van der Waals surface area (Å²) in [5.41, 5.74) is 8.18. The molecular formula is C18H24N4O. The molecule has 0 saturated heterocycles. The van der Waals surface area contributed by atoms with Crippen LogP contribution in [0.5, 0.6) is 0 Å². The number of nitrogens with two attached hydrogens (primary N) is 1. The zero-order valence-corrected chi connectivity index (χ0v) is 13.5. The van der Waals surface area contributed by atoms with Crippen molar-refractivity contribution >= 4 is 5.91 Å². The second kappa shape index (κ2) is 6.96. The SMILES string of the molecule is Cc1nn(-c2ccccc2)cc1C(=O)NC1CCCCC1CN. The molecule has 122 valence electrons. The molecule has 1 amide bonds. The van der Waals surface area contributed by atoms with E-state index in [2.05, 4.69) is 10.4 Å². The molecule has 1 aromatic carbocycles. The zero-order chi connectivity index (χ0) is 16.2. The van der Waals surface area contributed by atoms with Crippen molar-refractivity contribution in [1.82, 2.24) is 15.1 Å².